The topological polar surface area (TPSA) is 68.2 Å². The first kappa shape index (κ1) is 10.1. The van der Waals surface area contributed by atoms with Gasteiger partial charge >= 0.3 is 6.01 Å². The molecule has 2 aromatic heterocycles. The first-order chi connectivity index (χ1) is 7.29. The molecule has 0 bridgehead atoms. The Kier molecular flexibility index (Phi) is 2.98. The number of anilines is 1. The van der Waals surface area contributed by atoms with Gasteiger partial charge in [-0.2, -0.15) is 11.3 Å². The number of nitrogens with two attached hydrogens (primary N) is 1. The summed E-state index contributed by atoms with van der Waals surface area (Å²) in [5.74, 6) is 0.460. The number of hydrogen-bond acceptors (Lipinski definition) is 6. The van der Waals surface area contributed by atoms with Crippen LogP contribution in [0.3, 0.4) is 0 Å². The molecular formula is C9H12N4OS. The van der Waals surface area contributed by atoms with Crippen LogP contribution in [0.2, 0.25) is 0 Å². The number of thiophene rings is 1. The summed E-state index contributed by atoms with van der Waals surface area (Å²) in [6.45, 7) is 1.04. The first-order valence-corrected chi connectivity index (χ1v) is 5.48. The third-order valence-electron chi connectivity index (χ3n) is 1.96. The SMILES string of the molecule is CN(Cc1ccsc1)c1nnc(CN)o1. The third kappa shape index (κ3) is 2.34. The van der Waals surface area contributed by atoms with Crippen LogP contribution in [0.25, 0.3) is 0 Å². The maximum absolute atomic E-state index is 5.39. The van der Waals surface area contributed by atoms with Gasteiger partial charge in [0.15, 0.2) is 0 Å². The highest BCUT2D eigenvalue weighted by Gasteiger charge is 2.10. The standard InChI is InChI=1S/C9H12N4OS/c1-13(5-7-2-3-15-6-7)9-12-11-8(4-10)14-9/h2-3,6H,4-5,10H2,1H3. The average molecular weight is 224 g/mol. The molecule has 0 amide bonds. The summed E-state index contributed by atoms with van der Waals surface area (Å²) >= 11 is 1.67. The minimum atomic E-state index is 0.277. The van der Waals surface area contributed by atoms with Crippen LogP contribution >= 0.6 is 11.3 Å². The molecule has 6 heteroatoms. The maximum Gasteiger partial charge on any atom is 0.318 e. The molecule has 80 valence electrons. The molecule has 0 aromatic carbocycles. The molecule has 5 nitrogen and oxygen atoms in total. The second-order valence-corrected chi connectivity index (χ2v) is 3.95. The summed E-state index contributed by atoms with van der Waals surface area (Å²) in [6.07, 6.45) is 0. The molecule has 2 aromatic rings. The van der Waals surface area contributed by atoms with E-state index in [4.69, 9.17) is 10.2 Å². The number of nitrogens with zero attached hydrogens (tertiary/aromatic N) is 3. The lowest BCUT2D eigenvalue weighted by atomic mass is 10.3. The molecule has 0 aliphatic rings. The number of hydrogen-bond donors (Lipinski definition) is 1. The average Bonchev–Trinajstić information content (AvgIpc) is 2.86. The van der Waals surface area contributed by atoms with Crippen molar-refractivity contribution in [1.29, 1.82) is 0 Å². The molecule has 0 fully saturated rings. The molecule has 0 spiro atoms. The zero-order chi connectivity index (χ0) is 10.7. The van der Waals surface area contributed by atoms with Crippen molar-refractivity contribution in [3.05, 3.63) is 28.3 Å². The molecule has 0 radical (unpaired) electrons. The molecule has 0 aliphatic heterocycles. The Morgan fingerprint density at radius 3 is 3.00 bits per heavy atom. The molecule has 0 atom stereocenters. The summed E-state index contributed by atoms with van der Waals surface area (Å²) in [4.78, 5) is 1.90. The third-order valence-corrected chi connectivity index (χ3v) is 2.69. The summed E-state index contributed by atoms with van der Waals surface area (Å²) in [7, 11) is 1.91. The van der Waals surface area contributed by atoms with Crippen molar-refractivity contribution >= 4 is 17.4 Å². The van der Waals surface area contributed by atoms with Crippen molar-refractivity contribution in [3.8, 4) is 0 Å². The zero-order valence-corrected chi connectivity index (χ0v) is 9.20. The molecule has 0 saturated carbocycles. The van der Waals surface area contributed by atoms with E-state index in [2.05, 4.69) is 21.6 Å². The van der Waals surface area contributed by atoms with Gasteiger partial charge in [0, 0.05) is 13.6 Å². The predicted octanol–water partition coefficient (Wildman–Crippen LogP) is 1.23. The summed E-state index contributed by atoms with van der Waals surface area (Å²) < 4.78 is 5.33. The van der Waals surface area contributed by atoms with Crippen molar-refractivity contribution in [3.63, 3.8) is 0 Å². The van der Waals surface area contributed by atoms with Gasteiger partial charge in [-0.3, -0.25) is 0 Å². The lowest BCUT2D eigenvalue weighted by Crippen LogP contribution is -2.16. The van der Waals surface area contributed by atoms with Gasteiger partial charge in [0.25, 0.3) is 0 Å². The van der Waals surface area contributed by atoms with Gasteiger partial charge in [-0.1, -0.05) is 5.10 Å². The van der Waals surface area contributed by atoms with Gasteiger partial charge < -0.3 is 15.1 Å². The molecular weight excluding hydrogens is 212 g/mol. The van der Waals surface area contributed by atoms with Gasteiger partial charge in [0.1, 0.15) is 0 Å². The normalized spacial score (nSPS) is 10.5. The van der Waals surface area contributed by atoms with E-state index in [0.717, 1.165) is 6.54 Å². The Balaban J connectivity index is 2.04. The minimum absolute atomic E-state index is 0.277. The Morgan fingerprint density at radius 1 is 1.53 bits per heavy atom. The first-order valence-electron chi connectivity index (χ1n) is 4.54. The lowest BCUT2D eigenvalue weighted by molar-refractivity contribution is 0.491. The van der Waals surface area contributed by atoms with Crippen molar-refractivity contribution in [2.75, 3.05) is 11.9 Å². The van der Waals surface area contributed by atoms with Crippen LogP contribution in [-0.4, -0.2) is 17.2 Å². The van der Waals surface area contributed by atoms with Gasteiger partial charge in [-0.05, 0) is 22.4 Å². The lowest BCUT2D eigenvalue weighted by Gasteiger charge is -2.11. The quantitative estimate of drug-likeness (QED) is 0.845. The van der Waals surface area contributed by atoms with Crippen molar-refractivity contribution in [1.82, 2.24) is 10.2 Å². The number of aromatic nitrogens is 2. The summed E-state index contributed by atoms with van der Waals surface area (Å²) in [5.41, 5.74) is 6.62. The monoisotopic (exact) mass is 224 g/mol. The van der Waals surface area contributed by atoms with Crippen LogP contribution in [0, 0.1) is 0 Å². The number of rotatable bonds is 4. The molecule has 2 N–H and O–H groups in total. The van der Waals surface area contributed by atoms with Crippen LogP contribution in [-0.2, 0) is 13.1 Å². The van der Waals surface area contributed by atoms with E-state index in [1.54, 1.807) is 11.3 Å². The van der Waals surface area contributed by atoms with Crippen LogP contribution < -0.4 is 10.6 Å². The van der Waals surface area contributed by atoms with E-state index in [9.17, 15) is 0 Å². The van der Waals surface area contributed by atoms with E-state index in [1.807, 2.05) is 17.3 Å². The molecule has 0 saturated heterocycles. The van der Waals surface area contributed by atoms with E-state index in [-0.39, 0.29) is 6.54 Å². The fourth-order valence-electron chi connectivity index (χ4n) is 1.21. The second kappa shape index (κ2) is 4.41. The Bertz CT molecular complexity index is 411. The van der Waals surface area contributed by atoms with Crippen LogP contribution in [0.5, 0.6) is 0 Å². The highest BCUT2D eigenvalue weighted by atomic mass is 32.1. The second-order valence-electron chi connectivity index (χ2n) is 3.17. The zero-order valence-electron chi connectivity index (χ0n) is 8.38. The van der Waals surface area contributed by atoms with Crippen LogP contribution in [0.15, 0.2) is 21.2 Å². The largest absolute Gasteiger partial charge is 0.407 e. The Hall–Kier alpha value is -1.40. The highest BCUT2D eigenvalue weighted by Crippen LogP contribution is 2.15. The van der Waals surface area contributed by atoms with E-state index in [0.29, 0.717) is 11.9 Å². The van der Waals surface area contributed by atoms with Gasteiger partial charge in [0.05, 0.1) is 6.54 Å². The van der Waals surface area contributed by atoms with E-state index in [1.165, 1.54) is 5.56 Å². The van der Waals surface area contributed by atoms with Crippen molar-refractivity contribution in [2.24, 2.45) is 5.73 Å². The van der Waals surface area contributed by atoms with Crippen LogP contribution in [0.4, 0.5) is 6.01 Å². The van der Waals surface area contributed by atoms with Crippen molar-refractivity contribution in [2.45, 2.75) is 13.1 Å². The van der Waals surface area contributed by atoms with E-state index >= 15 is 0 Å². The smallest absolute Gasteiger partial charge is 0.318 e. The van der Waals surface area contributed by atoms with E-state index < -0.39 is 0 Å². The maximum atomic E-state index is 5.39. The Morgan fingerprint density at radius 2 is 2.40 bits per heavy atom. The summed E-state index contributed by atoms with van der Waals surface area (Å²) in [6, 6.07) is 2.57. The molecule has 15 heavy (non-hydrogen) atoms. The molecule has 0 unspecified atom stereocenters. The van der Waals surface area contributed by atoms with Gasteiger partial charge in [0.2, 0.25) is 5.89 Å². The molecule has 2 rings (SSSR count). The minimum Gasteiger partial charge on any atom is -0.407 e. The molecule has 2 heterocycles. The Labute approximate surface area is 91.5 Å². The molecule has 0 aliphatic carbocycles. The fraction of sp³-hybridized carbons (Fsp3) is 0.333. The van der Waals surface area contributed by atoms with Gasteiger partial charge in [-0.15, -0.1) is 5.10 Å². The van der Waals surface area contributed by atoms with Crippen molar-refractivity contribution < 1.29 is 4.42 Å². The highest BCUT2D eigenvalue weighted by molar-refractivity contribution is 7.07. The van der Waals surface area contributed by atoms with Gasteiger partial charge in [-0.25, -0.2) is 0 Å². The van der Waals surface area contributed by atoms with Crippen LogP contribution in [0.1, 0.15) is 11.5 Å². The summed E-state index contributed by atoms with van der Waals surface area (Å²) in [5, 5.41) is 11.8. The predicted molar refractivity (Wildman–Crippen MR) is 58.6 cm³/mol. The fourth-order valence-corrected chi connectivity index (χ4v) is 1.87.